The topological polar surface area (TPSA) is 38.4 Å². The summed E-state index contributed by atoms with van der Waals surface area (Å²) in [7, 11) is 0. The number of aryl methyl sites for hydroxylation is 3. The van der Waals surface area contributed by atoms with Gasteiger partial charge >= 0.3 is 0 Å². The van der Waals surface area contributed by atoms with Crippen LogP contribution in [0.5, 0.6) is 0 Å². The zero-order valence-corrected chi connectivity index (χ0v) is 16.2. The van der Waals surface area contributed by atoms with Crippen molar-refractivity contribution in [3.05, 3.63) is 64.2 Å². The van der Waals surface area contributed by atoms with E-state index in [1.807, 2.05) is 19.9 Å². The van der Waals surface area contributed by atoms with Gasteiger partial charge in [0, 0.05) is 17.9 Å². The van der Waals surface area contributed by atoms with E-state index in [4.69, 9.17) is 10.7 Å². The third kappa shape index (κ3) is 4.72. The summed E-state index contributed by atoms with van der Waals surface area (Å²) < 4.78 is 0. The molecule has 0 amide bonds. The second kappa shape index (κ2) is 9.41. The molecule has 0 unspecified atom stereocenters. The number of nitrogens with zero attached hydrogens (tertiary/aromatic N) is 1. The lowest BCUT2D eigenvalue weighted by atomic mass is 9.91. The molecule has 0 radical (unpaired) electrons. The third-order valence-electron chi connectivity index (χ3n) is 4.85. The molecule has 0 saturated carbocycles. The molecule has 0 aromatic heterocycles. The van der Waals surface area contributed by atoms with E-state index in [1.165, 1.54) is 39.9 Å². The van der Waals surface area contributed by atoms with Gasteiger partial charge in [-0.25, -0.2) is 0 Å². The summed E-state index contributed by atoms with van der Waals surface area (Å²) >= 11 is 0. The number of hydrogen-bond donors (Lipinski definition) is 1. The fraction of sp³-hybridized carbons (Fsp3) is 0.435. The molecule has 25 heavy (non-hydrogen) atoms. The van der Waals surface area contributed by atoms with E-state index >= 15 is 0 Å². The van der Waals surface area contributed by atoms with Gasteiger partial charge in [-0.2, -0.15) is 0 Å². The van der Waals surface area contributed by atoms with Gasteiger partial charge in [0.1, 0.15) is 0 Å². The number of anilines is 1. The highest BCUT2D eigenvalue weighted by atomic mass is 14.8. The zero-order valence-electron chi connectivity index (χ0n) is 16.2. The molecule has 1 aliphatic heterocycles. The molecule has 134 valence electrons. The largest absolute Gasteiger partial charge is 0.399 e. The van der Waals surface area contributed by atoms with Crippen LogP contribution in [0, 0.1) is 6.92 Å². The van der Waals surface area contributed by atoms with E-state index in [1.54, 1.807) is 0 Å². The third-order valence-corrected chi connectivity index (χ3v) is 4.85. The van der Waals surface area contributed by atoms with E-state index in [2.05, 4.69) is 44.2 Å². The molecular weight excluding hydrogens is 304 g/mol. The van der Waals surface area contributed by atoms with Gasteiger partial charge in [0.25, 0.3) is 0 Å². The van der Waals surface area contributed by atoms with Crippen molar-refractivity contribution in [2.45, 2.75) is 59.8 Å². The monoisotopic (exact) mass is 336 g/mol. The fourth-order valence-corrected chi connectivity index (χ4v) is 3.55. The first-order chi connectivity index (χ1) is 12.2. The van der Waals surface area contributed by atoms with E-state index in [9.17, 15) is 0 Å². The Kier molecular flexibility index (Phi) is 7.24. The summed E-state index contributed by atoms with van der Waals surface area (Å²) in [6.07, 6.45) is 5.46. The van der Waals surface area contributed by atoms with Crippen LogP contribution in [0.25, 0.3) is 0 Å². The normalized spacial score (nSPS) is 13.2. The summed E-state index contributed by atoms with van der Waals surface area (Å²) in [5, 5.41) is 0. The molecule has 0 spiro atoms. The van der Waals surface area contributed by atoms with Crippen LogP contribution in [0.15, 0.2) is 41.4 Å². The van der Waals surface area contributed by atoms with Crippen LogP contribution in [0.1, 0.15) is 61.4 Å². The lowest BCUT2D eigenvalue weighted by Gasteiger charge is -2.14. The first-order valence-electron chi connectivity index (χ1n) is 9.68. The van der Waals surface area contributed by atoms with E-state index in [-0.39, 0.29) is 0 Å². The Bertz CT molecular complexity index is 729. The van der Waals surface area contributed by atoms with Gasteiger partial charge in [0.2, 0.25) is 0 Å². The minimum atomic E-state index is 0.863. The Morgan fingerprint density at radius 1 is 1.04 bits per heavy atom. The van der Waals surface area contributed by atoms with Gasteiger partial charge < -0.3 is 5.73 Å². The Morgan fingerprint density at radius 3 is 2.52 bits per heavy atom. The summed E-state index contributed by atoms with van der Waals surface area (Å²) in [6, 6.07) is 12.9. The minimum Gasteiger partial charge on any atom is -0.399 e. The summed E-state index contributed by atoms with van der Waals surface area (Å²) in [6.45, 7) is 9.41. The average molecular weight is 337 g/mol. The fourth-order valence-electron chi connectivity index (χ4n) is 3.55. The van der Waals surface area contributed by atoms with Crippen molar-refractivity contribution < 1.29 is 0 Å². The Hall–Kier alpha value is -2.09. The van der Waals surface area contributed by atoms with E-state index < -0.39 is 0 Å². The van der Waals surface area contributed by atoms with Gasteiger partial charge in [-0.05, 0) is 79.0 Å². The first-order valence-corrected chi connectivity index (χ1v) is 9.68. The van der Waals surface area contributed by atoms with Crippen LogP contribution in [0.2, 0.25) is 0 Å². The van der Waals surface area contributed by atoms with Crippen LogP contribution in [-0.4, -0.2) is 12.3 Å². The van der Waals surface area contributed by atoms with Crippen LogP contribution < -0.4 is 5.73 Å². The minimum absolute atomic E-state index is 0.863. The number of rotatable bonds is 5. The zero-order chi connectivity index (χ0) is 18.2. The summed E-state index contributed by atoms with van der Waals surface area (Å²) in [5.74, 6) is 0. The van der Waals surface area contributed by atoms with Crippen molar-refractivity contribution in [3.8, 4) is 0 Å². The van der Waals surface area contributed by atoms with Gasteiger partial charge in [-0.15, -0.1) is 0 Å². The maximum atomic E-state index is 5.99. The molecule has 0 atom stereocenters. The number of benzene rings is 2. The molecule has 2 heteroatoms. The molecule has 2 nitrogen and oxygen atoms in total. The lowest BCUT2D eigenvalue weighted by molar-refractivity contribution is 0.919. The van der Waals surface area contributed by atoms with E-state index in [0.29, 0.717) is 0 Å². The van der Waals surface area contributed by atoms with Crippen molar-refractivity contribution in [2.75, 3.05) is 12.3 Å². The van der Waals surface area contributed by atoms with Crippen LogP contribution in [-0.2, 0) is 19.3 Å². The SMILES string of the molecule is CC.CCc1ccc(N)cc1CCc1c(C)cccc1C1=NCCC1. The molecule has 0 saturated heterocycles. The number of nitrogens with two attached hydrogens (primary N) is 1. The molecule has 1 heterocycles. The first kappa shape index (κ1) is 19.2. The highest BCUT2D eigenvalue weighted by molar-refractivity contribution is 6.03. The maximum absolute atomic E-state index is 5.99. The number of aliphatic imine (C=N–C) groups is 1. The van der Waals surface area contributed by atoms with Crippen LogP contribution in [0.3, 0.4) is 0 Å². The Balaban J connectivity index is 0.00000109. The Labute approximate surface area is 153 Å². The highest BCUT2D eigenvalue weighted by Gasteiger charge is 2.15. The molecule has 0 bridgehead atoms. The Morgan fingerprint density at radius 2 is 1.84 bits per heavy atom. The molecule has 2 N–H and O–H groups in total. The quantitative estimate of drug-likeness (QED) is 0.716. The predicted octanol–water partition coefficient (Wildman–Crippen LogP) is 5.53. The van der Waals surface area contributed by atoms with Crippen molar-refractivity contribution in [3.63, 3.8) is 0 Å². The number of hydrogen-bond acceptors (Lipinski definition) is 2. The molecule has 3 rings (SSSR count). The van der Waals surface area contributed by atoms with Gasteiger partial charge in [-0.1, -0.05) is 45.0 Å². The second-order valence-electron chi connectivity index (χ2n) is 6.41. The summed E-state index contributed by atoms with van der Waals surface area (Å²) in [5.41, 5.74) is 15.1. The van der Waals surface area contributed by atoms with Crippen LogP contribution in [0.4, 0.5) is 5.69 Å². The lowest BCUT2D eigenvalue weighted by Crippen LogP contribution is -2.06. The van der Waals surface area contributed by atoms with E-state index in [0.717, 1.165) is 37.9 Å². The summed E-state index contributed by atoms with van der Waals surface area (Å²) in [4.78, 5) is 4.71. The molecule has 1 aliphatic rings. The standard InChI is InChI=1S/C21H26N2.C2H6/c1-3-16-9-11-18(22)14-17(16)10-12-19-15(2)6-4-7-20(19)21-8-5-13-23-21;1-2/h4,6-7,9,11,14H,3,5,8,10,12-13,22H2,1-2H3;1-2H3. The molecule has 0 fully saturated rings. The highest BCUT2D eigenvalue weighted by Crippen LogP contribution is 2.23. The smallest absolute Gasteiger partial charge is 0.0424 e. The predicted molar refractivity (Wildman–Crippen MR) is 111 cm³/mol. The average Bonchev–Trinajstić information content (AvgIpc) is 3.17. The van der Waals surface area contributed by atoms with Gasteiger partial charge in [0.15, 0.2) is 0 Å². The van der Waals surface area contributed by atoms with Crippen molar-refractivity contribution in [1.29, 1.82) is 0 Å². The molecule has 2 aromatic rings. The molecule has 0 aliphatic carbocycles. The van der Waals surface area contributed by atoms with Gasteiger partial charge in [0.05, 0.1) is 0 Å². The molecule has 2 aromatic carbocycles. The second-order valence-corrected chi connectivity index (χ2v) is 6.41. The maximum Gasteiger partial charge on any atom is 0.0424 e. The number of nitrogen functional groups attached to an aromatic ring is 1. The van der Waals surface area contributed by atoms with Crippen LogP contribution >= 0.6 is 0 Å². The van der Waals surface area contributed by atoms with Crippen molar-refractivity contribution in [1.82, 2.24) is 0 Å². The van der Waals surface area contributed by atoms with Crippen molar-refractivity contribution in [2.24, 2.45) is 4.99 Å². The van der Waals surface area contributed by atoms with Gasteiger partial charge in [-0.3, -0.25) is 4.99 Å². The van der Waals surface area contributed by atoms with Crippen molar-refractivity contribution >= 4 is 11.4 Å². The molecular formula is C23H32N2.